The van der Waals surface area contributed by atoms with Crippen LogP contribution >= 0.6 is 11.6 Å². The van der Waals surface area contributed by atoms with Crippen molar-refractivity contribution in [3.05, 3.63) is 92.4 Å². The Morgan fingerprint density at radius 3 is 2.42 bits per heavy atom. The summed E-state index contributed by atoms with van der Waals surface area (Å²) in [6.45, 7) is 6.08. The Labute approximate surface area is 197 Å². The molecule has 0 saturated heterocycles. The SMILES string of the molecule is Cc1nc2nc(N(Cc3ccc(Cl)cc3)C(=O)CC(C)C)[nH]n2c(=O)c1Cc1ccccc1. The van der Waals surface area contributed by atoms with Gasteiger partial charge in [0.05, 0.1) is 12.2 Å². The van der Waals surface area contributed by atoms with Crippen LogP contribution in [0.5, 0.6) is 0 Å². The van der Waals surface area contributed by atoms with Crippen LogP contribution in [-0.2, 0) is 17.8 Å². The zero-order valence-corrected chi connectivity index (χ0v) is 19.6. The lowest BCUT2D eigenvalue weighted by Gasteiger charge is -2.20. The second-order valence-corrected chi connectivity index (χ2v) is 8.97. The van der Waals surface area contributed by atoms with E-state index in [1.54, 1.807) is 17.0 Å². The van der Waals surface area contributed by atoms with Gasteiger partial charge >= 0.3 is 0 Å². The van der Waals surface area contributed by atoms with Crippen LogP contribution in [0.3, 0.4) is 0 Å². The van der Waals surface area contributed by atoms with Gasteiger partial charge in [0.1, 0.15) is 0 Å². The van der Waals surface area contributed by atoms with Crippen molar-refractivity contribution in [2.45, 2.75) is 40.2 Å². The van der Waals surface area contributed by atoms with Gasteiger partial charge in [-0.15, -0.1) is 0 Å². The van der Waals surface area contributed by atoms with Crippen molar-refractivity contribution in [2.24, 2.45) is 5.92 Å². The second kappa shape index (κ2) is 9.58. The number of anilines is 1. The largest absolute Gasteiger partial charge is 0.277 e. The van der Waals surface area contributed by atoms with Crippen molar-refractivity contribution in [1.82, 2.24) is 19.6 Å². The minimum Gasteiger partial charge on any atom is -0.277 e. The first-order chi connectivity index (χ1) is 15.8. The Balaban J connectivity index is 1.74. The summed E-state index contributed by atoms with van der Waals surface area (Å²) in [5.41, 5.74) is 2.92. The summed E-state index contributed by atoms with van der Waals surface area (Å²) in [7, 11) is 0. The lowest BCUT2D eigenvalue weighted by molar-refractivity contribution is -0.119. The molecule has 1 amide bonds. The molecule has 170 valence electrons. The van der Waals surface area contributed by atoms with E-state index in [0.717, 1.165) is 11.1 Å². The highest BCUT2D eigenvalue weighted by molar-refractivity contribution is 6.30. The zero-order chi connectivity index (χ0) is 23.5. The van der Waals surface area contributed by atoms with Gasteiger partial charge < -0.3 is 0 Å². The monoisotopic (exact) mass is 463 g/mol. The highest BCUT2D eigenvalue weighted by Gasteiger charge is 2.22. The molecular formula is C25H26ClN5O2. The molecule has 0 radical (unpaired) electrons. The van der Waals surface area contributed by atoms with Crippen LogP contribution in [0.2, 0.25) is 5.02 Å². The second-order valence-electron chi connectivity index (χ2n) is 8.53. The smallest absolute Gasteiger partial charge is 0.277 e. The predicted molar refractivity (Wildman–Crippen MR) is 130 cm³/mol. The highest BCUT2D eigenvalue weighted by Crippen LogP contribution is 2.19. The number of carbonyl (C=O) groups is 1. The van der Waals surface area contributed by atoms with E-state index in [-0.39, 0.29) is 29.1 Å². The number of nitrogens with one attached hydrogen (secondary N) is 1. The van der Waals surface area contributed by atoms with Gasteiger partial charge in [-0.2, -0.15) is 9.50 Å². The van der Waals surface area contributed by atoms with Gasteiger partial charge in [0.25, 0.3) is 11.3 Å². The number of nitrogens with zero attached hydrogens (tertiary/aromatic N) is 4. The molecule has 0 aliphatic heterocycles. The summed E-state index contributed by atoms with van der Waals surface area (Å²) in [4.78, 5) is 37.0. The van der Waals surface area contributed by atoms with Crippen LogP contribution in [0.25, 0.3) is 5.78 Å². The molecule has 4 aromatic rings. The van der Waals surface area contributed by atoms with Gasteiger partial charge in [0.15, 0.2) is 0 Å². The number of amides is 1. The normalized spacial score (nSPS) is 11.3. The lowest BCUT2D eigenvalue weighted by Crippen LogP contribution is -2.32. The molecule has 2 aromatic carbocycles. The third-order valence-corrected chi connectivity index (χ3v) is 5.65. The molecule has 0 fully saturated rings. The maximum absolute atomic E-state index is 13.3. The van der Waals surface area contributed by atoms with E-state index in [1.165, 1.54) is 4.52 Å². The maximum Gasteiger partial charge on any atom is 0.277 e. The van der Waals surface area contributed by atoms with Crippen LogP contribution in [-0.4, -0.2) is 25.5 Å². The summed E-state index contributed by atoms with van der Waals surface area (Å²) in [6, 6.07) is 17.1. The van der Waals surface area contributed by atoms with E-state index in [1.807, 2.05) is 63.2 Å². The predicted octanol–water partition coefficient (Wildman–Crippen LogP) is 4.55. The maximum atomic E-state index is 13.3. The number of rotatable bonds is 7. The van der Waals surface area contributed by atoms with Crippen LogP contribution in [0.15, 0.2) is 59.4 Å². The van der Waals surface area contributed by atoms with Crippen molar-refractivity contribution in [3.8, 4) is 0 Å². The summed E-state index contributed by atoms with van der Waals surface area (Å²) in [6.07, 6.45) is 0.821. The number of carbonyl (C=O) groups excluding carboxylic acids is 1. The molecule has 7 nitrogen and oxygen atoms in total. The fourth-order valence-electron chi connectivity index (χ4n) is 3.68. The molecule has 33 heavy (non-hydrogen) atoms. The fourth-order valence-corrected chi connectivity index (χ4v) is 3.81. The van der Waals surface area contributed by atoms with E-state index in [9.17, 15) is 9.59 Å². The number of aryl methyl sites for hydroxylation is 1. The average Bonchev–Trinajstić information content (AvgIpc) is 3.20. The fraction of sp³-hybridized carbons (Fsp3) is 0.280. The molecule has 0 saturated carbocycles. The van der Waals surface area contributed by atoms with Gasteiger partial charge in [0, 0.05) is 23.4 Å². The van der Waals surface area contributed by atoms with Crippen LogP contribution in [0, 0.1) is 12.8 Å². The standard InChI is InChI=1S/C25H26ClN5O2/c1-16(2)13-22(32)30(15-19-9-11-20(26)12-10-19)25-28-24-27-17(3)21(23(33)31(24)29-25)14-18-7-5-4-6-8-18/h4-12,16H,13-15H2,1-3H3,(H,27,28,29). The van der Waals surface area contributed by atoms with Crippen LogP contribution in [0.4, 0.5) is 5.95 Å². The van der Waals surface area contributed by atoms with E-state index in [2.05, 4.69) is 15.1 Å². The number of benzene rings is 2. The molecule has 2 aromatic heterocycles. The van der Waals surface area contributed by atoms with Crippen molar-refractivity contribution < 1.29 is 4.79 Å². The van der Waals surface area contributed by atoms with Crippen LogP contribution < -0.4 is 10.5 Å². The first-order valence-electron chi connectivity index (χ1n) is 10.9. The van der Waals surface area contributed by atoms with Crippen molar-refractivity contribution in [3.63, 3.8) is 0 Å². The molecule has 0 bridgehead atoms. The van der Waals surface area contributed by atoms with Crippen molar-refractivity contribution >= 4 is 29.2 Å². The molecule has 4 rings (SSSR count). The van der Waals surface area contributed by atoms with Gasteiger partial charge in [-0.3, -0.25) is 19.6 Å². The van der Waals surface area contributed by atoms with Gasteiger partial charge in [-0.1, -0.05) is 67.9 Å². The summed E-state index contributed by atoms with van der Waals surface area (Å²) in [5.74, 6) is 0.614. The molecule has 2 heterocycles. The lowest BCUT2D eigenvalue weighted by atomic mass is 10.1. The Morgan fingerprint density at radius 2 is 1.76 bits per heavy atom. The molecular weight excluding hydrogens is 438 g/mol. The zero-order valence-electron chi connectivity index (χ0n) is 18.9. The van der Waals surface area contributed by atoms with E-state index >= 15 is 0 Å². The van der Waals surface area contributed by atoms with Gasteiger partial charge in [0.2, 0.25) is 11.9 Å². The Bertz CT molecular complexity index is 1330. The molecule has 0 atom stereocenters. The number of fused-ring (bicyclic) bond motifs is 1. The van der Waals surface area contributed by atoms with Crippen molar-refractivity contribution in [2.75, 3.05) is 4.90 Å². The molecule has 1 N–H and O–H groups in total. The highest BCUT2D eigenvalue weighted by atomic mass is 35.5. The van der Waals surface area contributed by atoms with Crippen LogP contribution in [0.1, 0.15) is 42.7 Å². The molecule has 0 aliphatic rings. The van der Waals surface area contributed by atoms with E-state index in [0.29, 0.717) is 35.7 Å². The first-order valence-corrected chi connectivity index (χ1v) is 11.3. The van der Waals surface area contributed by atoms with Gasteiger partial charge in [-0.05, 0) is 36.1 Å². The Hall–Kier alpha value is -3.45. The molecule has 8 heteroatoms. The minimum atomic E-state index is -0.220. The number of hydrogen-bond donors (Lipinski definition) is 1. The minimum absolute atomic E-state index is 0.0895. The van der Waals surface area contributed by atoms with E-state index in [4.69, 9.17) is 11.6 Å². The third kappa shape index (κ3) is 5.14. The summed E-state index contributed by atoms with van der Waals surface area (Å²) >= 11 is 6.01. The number of aromatic amines is 1. The summed E-state index contributed by atoms with van der Waals surface area (Å²) in [5, 5.41) is 3.64. The number of aromatic nitrogens is 4. The molecule has 0 unspecified atom stereocenters. The first kappa shape index (κ1) is 22.7. The summed E-state index contributed by atoms with van der Waals surface area (Å²) < 4.78 is 1.32. The number of H-pyrrole nitrogens is 1. The number of hydrogen-bond acceptors (Lipinski definition) is 4. The third-order valence-electron chi connectivity index (χ3n) is 5.40. The Kier molecular flexibility index (Phi) is 6.60. The molecule has 0 spiro atoms. The Morgan fingerprint density at radius 1 is 1.06 bits per heavy atom. The average molecular weight is 464 g/mol. The van der Waals surface area contributed by atoms with E-state index < -0.39 is 0 Å². The van der Waals surface area contributed by atoms with Gasteiger partial charge in [-0.25, -0.2) is 4.98 Å². The van der Waals surface area contributed by atoms with Crippen molar-refractivity contribution in [1.29, 1.82) is 0 Å². The quantitative estimate of drug-likeness (QED) is 0.436. The number of halogens is 1. The topological polar surface area (TPSA) is 83.4 Å². The molecule has 0 aliphatic carbocycles.